The van der Waals surface area contributed by atoms with Crippen molar-refractivity contribution in [3.8, 4) is 0 Å². The van der Waals surface area contributed by atoms with Crippen LogP contribution in [0.5, 0.6) is 0 Å². The van der Waals surface area contributed by atoms with Gasteiger partial charge in [-0.1, -0.05) is 36.4 Å². The molecule has 96 valence electrons. The van der Waals surface area contributed by atoms with Gasteiger partial charge in [-0.05, 0) is 48.9 Å². The van der Waals surface area contributed by atoms with E-state index in [0.29, 0.717) is 0 Å². The lowest BCUT2D eigenvalue weighted by Crippen LogP contribution is -1.89. The van der Waals surface area contributed by atoms with Gasteiger partial charge in [0.2, 0.25) is 0 Å². The maximum absolute atomic E-state index is 4.24. The summed E-state index contributed by atoms with van der Waals surface area (Å²) in [6.07, 6.45) is 6.54. The zero-order chi connectivity index (χ0) is 12.9. The maximum atomic E-state index is 4.24. The monoisotopic (exact) mass is 250 g/mol. The Labute approximate surface area is 113 Å². The predicted octanol–water partition coefficient (Wildman–Crippen LogP) is 4.13. The van der Waals surface area contributed by atoms with Crippen LogP contribution in [0.3, 0.4) is 0 Å². The summed E-state index contributed by atoms with van der Waals surface area (Å²) < 4.78 is 0. The Morgan fingerprint density at radius 3 is 2.47 bits per heavy atom. The number of hydrogen-bond donors (Lipinski definition) is 1. The largest absolute Gasteiger partial charge is 0.345 e. The molecule has 19 heavy (non-hydrogen) atoms. The van der Waals surface area contributed by atoms with Crippen LogP contribution >= 0.6 is 0 Å². The Bertz CT molecular complexity index is 640. The number of aromatic amines is 1. The summed E-state index contributed by atoms with van der Waals surface area (Å²) in [5, 5.41) is 0. The van der Waals surface area contributed by atoms with Gasteiger partial charge in [0.05, 0.1) is 17.4 Å². The second-order valence-electron chi connectivity index (χ2n) is 4.95. The van der Waals surface area contributed by atoms with Crippen molar-refractivity contribution in [2.75, 3.05) is 0 Å². The number of nitrogens with one attached hydrogen (secondary N) is 1. The minimum atomic E-state index is 1.05. The van der Waals surface area contributed by atoms with Gasteiger partial charge in [-0.15, -0.1) is 0 Å². The van der Waals surface area contributed by atoms with Crippen molar-refractivity contribution in [3.63, 3.8) is 0 Å². The van der Waals surface area contributed by atoms with Crippen LogP contribution in [-0.4, -0.2) is 9.97 Å². The van der Waals surface area contributed by atoms with Crippen molar-refractivity contribution >= 4 is 11.0 Å². The van der Waals surface area contributed by atoms with Gasteiger partial charge in [0.25, 0.3) is 0 Å². The van der Waals surface area contributed by atoms with Crippen LogP contribution < -0.4 is 0 Å². The summed E-state index contributed by atoms with van der Waals surface area (Å²) in [5.41, 5.74) is 5.02. The first kappa shape index (κ1) is 12.0. The van der Waals surface area contributed by atoms with Gasteiger partial charge in [-0.25, -0.2) is 4.98 Å². The van der Waals surface area contributed by atoms with Gasteiger partial charge < -0.3 is 4.98 Å². The second-order valence-corrected chi connectivity index (χ2v) is 4.95. The van der Waals surface area contributed by atoms with Crippen molar-refractivity contribution < 1.29 is 0 Å². The Morgan fingerprint density at radius 1 is 0.842 bits per heavy atom. The zero-order valence-corrected chi connectivity index (χ0v) is 11.0. The molecule has 0 saturated heterocycles. The molecule has 0 aliphatic carbocycles. The Morgan fingerprint density at radius 2 is 1.63 bits per heavy atom. The third-order valence-corrected chi connectivity index (χ3v) is 3.51. The van der Waals surface area contributed by atoms with E-state index in [1.165, 1.54) is 30.4 Å². The molecule has 0 aliphatic heterocycles. The quantitative estimate of drug-likeness (QED) is 0.678. The highest BCUT2D eigenvalue weighted by molar-refractivity contribution is 5.74. The van der Waals surface area contributed by atoms with E-state index in [9.17, 15) is 0 Å². The van der Waals surface area contributed by atoms with E-state index >= 15 is 0 Å². The van der Waals surface area contributed by atoms with Crippen molar-refractivity contribution in [2.24, 2.45) is 0 Å². The predicted molar refractivity (Wildman–Crippen MR) is 79.2 cm³/mol. The lowest BCUT2D eigenvalue weighted by molar-refractivity contribution is 0.735. The van der Waals surface area contributed by atoms with E-state index in [1.807, 2.05) is 0 Å². The summed E-state index contributed by atoms with van der Waals surface area (Å²) in [6.45, 7) is 0. The van der Waals surface area contributed by atoms with Gasteiger partial charge in [0.15, 0.2) is 0 Å². The van der Waals surface area contributed by atoms with Gasteiger partial charge in [-0.3, -0.25) is 0 Å². The number of benzene rings is 2. The number of imidazole rings is 1. The highest BCUT2D eigenvalue weighted by Gasteiger charge is 1.99. The molecule has 3 rings (SSSR count). The number of unbranched alkanes of at least 4 members (excludes halogenated alkanes) is 1. The summed E-state index contributed by atoms with van der Waals surface area (Å²) in [7, 11) is 0. The Kier molecular flexibility index (Phi) is 3.59. The van der Waals surface area contributed by atoms with E-state index in [1.54, 1.807) is 6.33 Å². The molecule has 0 unspecified atom stereocenters. The van der Waals surface area contributed by atoms with E-state index in [4.69, 9.17) is 0 Å². The maximum Gasteiger partial charge on any atom is 0.0931 e. The van der Waals surface area contributed by atoms with Crippen LogP contribution in [0.25, 0.3) is 11.0 Å². The molecule has 0 fully saturated rings. The van der Waals surface area contributed by atoms with E-state index < -0.39 is 0 Å². The van der Waals surface area contributed by atoms with Gasteiger partial charge in [-0.2, -0.15) is 0 Å². The first-order valence-corrected chi connectivity index (χ1v) is 6.88. The van der Waals surface area contributed by atoms with Crippen molar-refractivity contribution in [2.45, 2.75) is 25.7 Å². The molecule has 2 nitrogen and oxygen atoms in total. The molecular weight excluding hydrogens is 232 g/mol. The normalized spacial score (nSPS) is 10.9. The van der Waals surface area contributed by atoms with Crippen molar-refractivity contribution in [3.05, 3.63) is 66.0 Å². The fourth-order valence-corrected chi connectivity index (χ4v) is 2.44. The minimum Gasteiger partial charge on any atom is -0.345 e. The van der Waals surface area contributed by atoms with Crippen LogP contribution in [0.2, 0.25) is 0 Å². The topological polar surface area (TPSA) is 28.7 Å². The molecule has 1 heterocycles. The highest BCUT2D eigenvalue weighted by atomic mass is 14.9. The third-order valence-electron chi connectivity index (χ3n) is 3.51. The number of aryl methyl sites for hydroxylation is 2. The second kappa shape index (κ2) is 5.70. The fraction of sp³-hybridized carbons (Fsp3) is 0.235. The molecule has 0 aliphatic rings. The lowest BCUT2D eigenvalue weighted by Gasteiger charge is -2.03. The first-order valence-electron chi connectivity index (χ1n) is 6.88. The molecular formula is C17H18N2. The molecule has 3 aromatic rings. The fourth-order valence-electron chi connectivity index (χ4n) is 2.44. The van der Waals surface area contributed by atoms with E-state index in [-0.39, 0.29) is 0 Å². The first-order chi connectivity index (χ1) is 9.42. The van der Waals surface area contributed by atoms with Crippen molar-refractivity contribution in [1.82, 2.24) is 9.97 Å². The molecule has 0 amide bonds. The minimum absolute atomic E-state index is 1.05. The highest BCUT2D eigenvalue weighted by Crippen LogP contribution is 2.14. The molecule has 0 saturated carbocycles. The van der Waals surface area contributed by atoms with Crippen LogP contribution in [0.1, 0.15) is 24.0 Å². The molecule has 0 atom stereocenters. The summed E-state index contributed by atoms with van der Waals surface area (Å²) in [4.78, 5) is 7.41. The smallest absolute Gasteiger partial charge is 0.0931 e. The molecule has 2 heteroatoms. The SMILES string of the molecule is c1ccc(CCCCc2ccc3nc[nH]c3c2)cc1. The summed E-state index contributed by atoms with van der Waals surface area (Å²) >= 11 is 0. The molecule has 0 bridgehead atoms. The van der Waals surface area contributed by atoms with Crippen LogP contribution in [0.4, 0.5) is 0 Å². The van der Waals surface area contributed by atoms with Crippen LogP contribution in [0.15, 0.2) is 54.9 Å². The third kappa shape index (κ3) is 3.02. The van der Waals surface area contributed by atoms with E-state index in [2.05, 4.69) is 58.5 Å². The number of H-pyrrole nitrogens is 1. The van der Waals surface area contributed by atoms with Crippen LogP contribution in [0, 0.1) is 0 Å². The standard InChI is InChI=1S/C17H18N2/c1-2-6-14(7-3-1)8-4-5-9-15-10-11-16-17(12-15)19-13-18-16/h1-3,6-7,10-13H,4-5,8-9H2,(H,18,19). The average molecular weight is 250 g/mol. The number of nitrogens with zero attached hydrogens (tertiary/aromatic N) is 1. The Balaban J connectivity index is 1.52. The molecule has 0 spiro atoms. The average Bonchev–Trinajstić information content (AvgIpc) is 2.92. The number of rotatable bonds is 5. The Hall–Kier alpha value is -2.09. The zero-order valence-electron chi connectivity index (χ0n) is 11.0. The molecule has 1 N–H and O–H groups in total. The van der Waals surface area contributed by atoms with Crippen LogP contribution in [-0.2, 0) is 12.8 Å². The summed E-state index contributed by atoms with van der Waals surface area (Å²) in [5.74, 6) is 0. The summed E-state index contributed by atoms with van der Waals surface area (Å²) in [6, 6.07) is 17.2. The molecule has 1 aromatic heterocycles. The van der Waals surface area contributed by atoms with Gasteiger partial charge in [0, 0.05) is 0 Å². The van der Waals surface area contributed by atoms with E-state index in [0.717, 1.165) is 17.5 Å². The molecule has 2 aromatic carbocycles. The molecule has 0 radical (unpaired) electrons. The van der Waals surface area contributed by atoms with Gasteiger partial charge in [0.1, 0.15) is 0 Å². The van der Waals surface area contributed by atoms with Crippen molar-refractivity contribution in [1.29, 1.82) is 0 Å². The number of fused-ring (bicyclic) bond motifs is 1. The lowest BCUT2D eigenvalue weighted by atomic mass is 10.0. The van der Waals surface area contributed by atoms with Gasteiger partial charge >= 0.3 is 0 Å². The number of aromatic nitrogens is 2. The number of hydrogen-bond acceptors (Lipinski definition) is 1.